The Morgan fingerprint density at radius 1 is 0.903 bits per heavy atom. The maximum atomic E-state index is 12.8. The predicted octanol–water partition coefficient (Wildman–Crippen LogP) is 5.36. The maximum Gasteiger partial charge on any atom is 0.255 e. The summed E-state index contributed by atoms with van der Waals surface area (Å²) < 4.78 is 0. The molecule has 2 amide bonds. The molecule has 1 aromatic heterocycles. The van der Waals surface area contributed by atoms with E-state index in [-0.39, 0.29) is 17.9 Å². The number of nitrogens with one attached hydrogen (secondary N) is 1. The van der Waals surface area contributed by atoms with Crippen molar-refractivity contribution in [2.24, 2.45) is 0 Å². The standard InChI is InChI=1S/C26H21N3O2/c30-24-16-15-23(18-6-2-1-3-7-18)29(24)21-13-11-20(12-14-21)26(31)28-22-10-4-8-19-9-5-17-27-25(19)22/h1-14,17,23H,15-16H2,(H,28,31)/t23-/m1/s1. The minimum Gasteiger partial charge on any atom is -0.320 e. The highest BCUT2D eigenvalue weighted by Crippen LogP contribution is 2.37. The zero-order valence-corrected chi connectivity index (χ0v) is 16.9. The average Bonchev–Trinajstić information content (AvgIpc) is 3.21. The number of aromatic nitrogens is 1. The normalized spacial score (nSPS) is 15.9. The van der Waals surface area contributed by atoms with E-state index in [0.717, 1.165) is 28.6 Å². The second-order valence-electron chi connectivity index (χ2n) is 7.61. The van der Waals surface area contributed by atoms with E-state index in [2.05, 4.69) is 22.4 Å². The maximum absolute atomic E-state index is 12.8. The molecule has 3 aromatic carbocycles. The van der Waals surface area contributed by atoms with Crippen molar-refractivity contribution in [1.82, 2.24) is 4.98 Å². The lowest BCUT2D eigenvalue weighted by Crippen LogP contribution is -2.27. The van der Waals surface area contributed by atoms with Crippen LogP contribution in [0.15, 0.2) is 91.1 Å². The van der Waals surface area contributed by atoms with Crippen LogP contribution >= 0.6 is 0 Å². The minimum absolute atomic E-state index is 0.0233. The Morgan fingerprint density at radius 3 is 2.48 bits per heavy atom. The molecule has 1 aliphatic rings. The van der Waals surface area contributed by atoms with Gasteiger partial charge in [0.2, 0.25) is 5.91 Å². The van der Waals surface area contributed by atoms with Crippen LogP contribution in [0, 0.1) is 0 Å². The Hall–Kier alpha value is -3.99. The van der Waals surface area contributed by atoms with Gasteiger partial charge in [-0.25, -0.2) is 0 Å². The third kappa shape index (κ3) is 3.66. The smallest absolute Gasteiger partial charge is 0.255 e. The topological polar surface area (TPSA) is 62.3 Å². The Labute approximate surface area is 180 Å². The first-order valence-corrected chi connectivity index (χ1v) is 10.3. The summed E-state index contributed by atoms with van der Waals surface area (Å²) in [6.45, 7) is 0. The zero-order chi connectivity index (χ0) is 21.2. The van der Waals surface area contributed by atoms with Crippen molar-refractivity contribution in [1.29, 1.82) is 0 Å². The van der Waals surface area contributed by atoms with E-state index in [1.165, 1.54) is 0 Å². The fraction of sp³-hybridized carbons (Fsp3) is 0.115. The van der Waals surface area contributed by atoms with Crippen LogP contribution in [0.1, 0.15) is 34.8 Å². The van der Waals surface area contributed by atoms with E-state index in [1.54, 1.807) is 18.3 Å². The molecule has 1 aliphatic heterocycles. The largest absolute Gasteiger partial charge is 0.320 e. The molecular formula is C26H21N3O2. The van der Waals surface area contributed by atoms with Crippen molar-refractivity contribution in [3.05, 3.63) is 102 Å². The van der Waals surface area contributed by atoms with Gasteiger partial charge in [0.05, 0.1) is 17.2 Å². The molecule has 31 heavy (non-hydrogen) atoms. The van der Waals surface area contributed by atoms with Crippen LogP contribution in [0.3, 0.4) is 0 Å². The summed E-state index contributed by atoms with van der Waals surface area (Å²) in [5, 5.41) is 3.92. The zero-order valence-electron chi connectivity index (χ0n) is 16.9. The molecule has 0 radical (unpaired) electrons. The monoisotopic (exact) mass is 407 g/mol. The number of anilines is 2. The Bertz CT molecular complexity index is 1250. The van der Waals surface area contributed by atoms with Crippen molar-refractivity contribution in [2.75, 3.05) is 10.2 Å². The molecule has 0 saturated carbocycles. The Kier molecular flexibility index (Phi) is 4.92. The molecule has 5 nitrogen and oxygen atoms in total. The first-order valence-electron chi connectivity index (χ1n) is 10.3. The lowest BCUT2D eigenvalue weighted by atomic mass is 10.0. The number of fused-ring (bicyclic) bond motifs is 1. The highest BCUT2D eigenvalue weighted by Gasteiger charge is 2.33. The molecule has 5 heteroatoms. The number of benzene rings is 3. The summed E-state index contributed by atoms with van der Waals surface area (Å²) in [6, 6.07) is 26.8. The van der Waals surface area contributed by atoms with Crippen LogP contribution in [0.4, 0.5) is 11.4 Å². The lowest BCUT2D eigenvalue weighted by molar-refractivity contribution is -0.117. The molecule has 0 unspecified atom stereocenters. The first-order chi connectivity index (χ1) is 15.2. The van der Waals surface area contributed by atoms with Crippen molar-refractivity contribution >= 4 is 34.1 Å². The molecule has 4 aromatic rings. The Morgan fingerprint density at radius 2 is 1.68 bits per heavy atom. The van der Waals surface area contributed by atoms with E-state index in [1.807, 2.05) is 65.6 Å². The first kappa shape index (κ1) is 19.0. The molecule has 1 saturated heterocycles. The van der Waals surface area contributed by atoms with Gasteiger partial charge in [0, 0.05) is 29.3 Å². The van der Waals surface area contributed by atoms with Crippen LogP contribution in [0.5, 0.6) is 0 Å². The van der Waals surface area contributed by atoms with Crippen LogP contribution in [0.2, 0.25) is 0 Å². The number of rotatable bonds is 4. The molecule has 1 fully saturated rings. The molecule has 1 N–H and O–H groups in total. The predicted molar refractivity (Wildman–Crippen MR) is 122 cm³/mol. The lowest BCUT2D eigenvalue weighted by Gasteiger charge is -2.25. The SMILES string of the molecule is O=C(Nc1cccc2cccnc12)c1ccc(N2C(=O)CC[C@@H]2c2ccccc2)cc1. The molecule has 1 atom stereocenters. The van der Waals surface area contributed by atoms with Gasteiger partial charge in [-0.05, 0) is 48.4 Å². The van der Waals surface area contributed by atoms with Crippen molar-refractivity contribution in [2.45, 2.75) is 18.9 Å². The van der Waals surface area contributed by atoms with Gasteiger partial charge in [-0.15, -0.1) is 0 Å². The molecule has 0 bridgehead atoms. The minimum atomic E-state index is -0.211. The van der Waals surface area contributed by atoms with Gasteiger partial charge in [-0.3, -0.25) is 14.6 Å². The summed E-state index contributed by atoms with van der Waals surface area (Å²) in [5.41, 5.74) is 3.88. The molecule has 0 aliphatic carbocycles. The Balaban J connectivity index is 1.38. The van der Waals surface area contributed by atoms with Crippen LogP contribution < -0.4 is 10.2 Å². The third-order valence-corrected chi connectivity index (χ3v) is 5.68. The van der Waals surface area contributed by atoms with Crippen LogP contribution in [0.25, 0.3) is 10.9 Å². The van der Waals surface area contributed by atoms with Gasteiger partial charge in [-0.2, -0.15) is 0 Å². The summed E-state index contributed by atoms with van der Waals surface area (Å²) in [7, 11) is 0. The fourth-order valence-electron chi connectivity index (χ4n) is 4.17. The average molecular weight is 407 g/mol. The quantitative estimate of drug-likeness (QED) is 0.496. The van der Waals surface area contributed by atoms with Gasteiger partial charge in [0.15, 0.2) is 0 Å². The fourth-order valence-corrected chi connectivity index (χ4v) is 4.17. The number of amides is 2. The number of carbonyl (C=O) groups excluding carboxylic acids is 2. The van der Waals surface area contributed by atoms with E-state index in [9.17, 15) is 9.59 Å². The van der Waals surface area contributed by atoms with Gasteiger partial charge < -0.3 is 10.2 Å². The van der Waals surface area contributed by atoms with E-state index >= 15 is 0 Å². The van der Waals surface area contributed by atoms with Gasteiger partial charge in [0.25, 0.3) is 5.91 Å². The van der Waals surface area contributed by atoms with Crippen molar-refractivity contribution in [3.63, 3.8) is 0 Å². The number of carbonyl (C=O) groups is 2. The number of hydrogen-bond acceptors (Lipinski definition) is 3. The van der Waals surface area contributed by atoms with Gasteiger partial charge in [0.1, 0.15) is 0 Å². The summed E-state index contributed by atoms with van der Waals surface area (Å²) >= 11 is 0. The molecular weight excluding hydrogens is 386 g/mol. The second kappa shape index (κ2) is 8.03. The number of pyridine rings is 1. The second-order valence-corrected chi connectivity index (χ2v) is 7.61. The van der Waals surface area contributed by atoms with Crippen molar-refractivity contribution < 1.29 is 9.59 Å². The van der Waals surface area contributed by atoms with E-state index in [0.29, 0.717) is 17.7 Å². The summed E-state index contributed by atoms with van der Waals surface area (Å²) in [6.07, 6.45) is 3.03. The molecule has 2 heterocycles. The summed E-state index contributed by atoms with van der Waals surface area (Å²) in [5.74, 6) is -0.107. The number of nitrogens with zero attached hydrogens (tertiary/aromatic N) is 2. The van der Waals surface area contributed by atoms with Crippen molar-refractivity contribution in [3.8, 4) is 0 Å². The molecule has 0 spiro atoms. The summed E-state index contributed by atoms with van der Waals surface area (Å²) in [4.78, 5) is 31.6. The van der Waals surface area contributed by atoms with Crippen LogP contribution in [-0.4, -0.2) is 16.8 Å². The molecule has 5 rings (SSSR count). The van der Waals surface area contributed by atoms with E-state index in [4.69, 9.17) is 0 Å². The van der Waals surface area contributed by atoms with E-state index < -0.39 is 0 Å². The highest BCUT2D eigenvalue weighted by molar-refractivity contribution is 6.08. The number of para-hydroxylation sites is 1. The third-order valence-electron chi connectivity index (χ3n) is 5.68. The number of hydrogen-bond donors (Lipinski definition) is 1. The van der Waals surface area contributed by atoms with Crippen LogP contribution in [-0.2, 0) is 4.79 Å². The molecule has 152 valence electrons. The highest BCUT2D eigenvalue weighted by atomic mass is 16.2. The van der Waals surface area contributed by atoms with Gasteiger partial charge >= 0.3 is 0 Å². The van der Waals surface area contributed by atoms with Gasteiger partial charge in [-0.1, -0.05) is 48.5 Å².